The van der Waals surface area contributed by atoms with Gasteiger partial charge in [0.05, 0.1) is 6.54 Å². The number of benzene rings is 2. The number of hydrogen-bond acceptors (Lipinski definition) is 2. The number of amidine groups is 1. The first-order chi connectivity index (χ1) is 8.83. The van der Waals surface area contributed by atoms with Crippen molar-refractivity contribution in [3.05, 3.63) is 59.9 Å². The maximum absolute atomic E-state index is 12.8. The molecule has 0 aromatic heterocycles. The van der Waals surface area contributed by atoms with E-state index in [-0.39, 0.29) is 5.82 Å². The summed E-state index contributed by atoms with van der Waals surface area (Å²) in [6.45, 7) is 1.75. The summed E-state index contributed by atoms with van der Waals surface area (Å²) in [4.78, 5) is 4.38. The van der Waals surface area contributed by atoms with Crippen molar-refractivity contribution in [3.8, 4) is 11.1 Å². The maximum atomic E-state index is 12.8. The zero-order valence-electron chi connectivity index (χ0n) is 9.86. The SMILES string of the molecule is Fc1ccc(-c2ccc(C3=NCCN3)cc2)cc1. The highest BCUT2D eigenvalue weighted by atomic mass is 19.1. The molecule has 3 rings (SSSR count). The molecule has 0 atom stereocenters. The molecule has 2 aromatic carbocycles. The molecule has 2 aromatic rings. The van der Waals surface area contributed by atoms with Crippen LogP contribution >= 0.6 is 0 Å². The number of hydrogen-bond donors (Lipinski definition) is 1. The fourth-order valence-electron chi connectivity index (χ4n) is 2.05. The molecule has 0 saturated carbocycles. The van der Waals surface area contributed by atoms with E-state index >= 15 is 0 Å². The van der Waals surface area contributed by atoms with E-state index in [0.717, 1.165) is 35.6 Å². The molecule has 90 valence electrons. The van der Waals surface area contributed by atoms with E-state index in [1.165, 1.54) is 12.1 Å². The number of halogens is 1. The highest BCUT2D eigenvalue weighted by molar-refractivity contribution is 6.00. The largest absolute Gasteiger partial charge is 0.368 e. The van der Waals surface area contributed by atoms with Crippen LogP contribution in [-0.4, -0.2) is 18.9 Å². The van der Waals surface area contributed by atoms with Gasteiger partial charge in [-0.05, 0) is 23.3 Å². The first-order valence-electron chi connectivity index (χ1n) is 5.98. The standard InChI is InChI=1S/C15H13FN2/c16-14-7-5-12(6-8-14)11-1-3-13(4-2-11)15-17-9-10-18-15/h1-8H,9-10H2,(H,17,18). The summed E-state index contributed by atoms with van der Waals surface area (Å²) in [6.07, 6.45) is 0. The Morgan fingerprint density at radius 3 is 1.94 bits per heavy atom. The normalized spacial score (nSPS) is 14.2. The molecule has 0 fully saturated rings. The van der Waals surface area contributed by atoms with E-state index in [2.05, 4.69) is 10.3 Å². The van der Waals surface area contributed by atoms with Gasteiger partial charge >= 0.3 is 0 Å². The molecular formula is C15H13FN2. The van der Waals surface area contributed by atoms with Crippen LogP contribution in [0.25, 0.3) is 11.1 Å². The average molecular weight is 240 g/mol. The third kappa shape index (κ3) is 2.12. The van der Waals surface area contributed by atoms with Crippen LogP contribution in [0.2, 0.25) is 0 Å². The van der Waals surface area contributed by atoms with Crippen LogP contribution in [0.1, 0.15) is 5.56 Å². The molecule has 0 saturated heterocycles. The van der Waals surface area contributed by atoms with Gasteiger partial charge in [-0.2, -0.15) is 0 Å². The summed E-state index contributed by atoms with van der Waals surface area (Å²) in [6, 6.07) is 14.7. The molecule has 0 bridgehead atoms. The Morgan fingerprint density at radius 1 is 0.833 bits per heavy atom. The smallest absolute Gasteiger partial charge is 0.128 e. The van der Waals surface area contributed by atoms with Crippen LogP contribution in [0.3, 0.4) is 0 Å². The summed E-state index contributed by atoms with van der Waals surface area (Å²) in [7, 11) is 0. The van der Waals surface area contributed by atoms with Crippen molar-refractivity contribution in [3.63, 3.8) is 0 Å². The van der Waals surface area contributed by atoms with Crippen LogP contribution in [0.5, 0.6) is 0 Å². The Balaban J connectivity index is 1.88. The van der Waals surface area contributed by atoms with Crippen molar-refractivity contribution in [2.75, 3.05) is 13.1 Å². The van der Waals surface area contributed by atoms with Gasteiger partial charge < -0.3 is 5.32 Å². The minimum absolute atomic E-state index is 0.208. The Labute approximate surface area is 105 Å². The van der Waals surface area contributed by atoms with Gasteiger partial charge in [0.1, 0.15) is 11.7 Å². The predicted molar refractivity (Wildman–Crippen MR) is 71.2 cm³/mol. The third-order valence-corrected chi connectivity index (χ3v) is 3.01. The molecule has 1 N–H and O–H groups in total. The number of aliphatic imine (C=N–C) groups is 1. The molecule has 0 aliphatic carbocycles. The summed E-state index contributed by atoms with van der Waals surface area (Å²) >= 11 is 0. The van der Waals surface area contributed by atoms with Crippen LogP contribution in [0.4, 0.5) is 4.39 Å². The van der Waals surface area contributed by atoms with E-state index in [0.29, 0.717) is 0 Å². The van der Waals surface area contributed by atoms with Gasteiger partial charge in [-0.15, -0.1) is 0 Å². The van der Waals surface area contributed by atoms with Crippen molar-refractivity contribution in [1.82, 2.24) is 5.32 Å². The van der Waals surface area contributed by atoms with E-state index in [1.54, 1.807) is 12.1 Å². The number of rotatable bonds is 2. The van der Waals surface area contributed by atoms with E-state index in [1.807, 2.05) is 24.3 Å². The van der Waals surface area contributed by atoms with Crippen molar-refractivity contribution >= 4 is 5.84 Å². The molecule has 0 spiro atoms. The average Bonchev–Trinajstić information content (AvgIpc) is 2.94. The lowest BCUT2D eigenvalue weighted by atomic mass is 10.0. The maximum Gasteiger partial charge on any atom is 0.128 e. The minimum atomic E-state index is -0.208. The molecule has 0 radical (unpaired) electrons. The summed E-state index contributed by atoms with van der Waals surface area (Å²) in [5.41, 5.74) is 3.19. The summed E-state index contributed by atoms with van der Waals surface area (Å²) in [5, 5.41) is 3.24. The first kappa shape index (κ1) is 11.0. The molecular weight excluding hydrogens is 227 g/mol. The lowest BCUT2D eigenvalue weighted by Crippen LogP contribution is -2.19. The molecule has 1 aliphatic rings. The second-order valence-electron chi connectivity index (χ2n) is 4.24. The molecule has 0 unspecified atom stereocenters. The summed E-state index contributed by atoms with van der Waals surface area (Å²) < 4.78 is 12.8. The van der Waals surface area contributed by atoms with E-state index < -0.39 is 0 Å². The van der Waals surface area contributed by atoms with Crippen molar-refractivity contribution in [2.24, 2.45) is 4.99 Å². The van der Waals surface area contributed by atoms with E-state index in [4.69, 9.17) is 0 Å². The fourth-order valence-corrected chi connectivity index (χ4v) is 2.05. The molecule has 18 heavy (non-hydrogen) atoms. The molecule has 2 nitrogen and oxygen atoms in total. The van der Waals surface area contributed by atoms with Gasteiger partial charge in [-0.25, -0.2) is 4.39 Å². The number of nitrogens with zero attached hydrogens (tertiary/aromatic N) is 1. The van der Waals surface area contributed by atoms with E-state index in [9.17, 15) is 4.39 Å². The predicted octanol–water partition coefficient (Wildman–Crippen LogP) is 2.84. The van der Waals surface area contributed by atoms with Gasteiger partial charge in [0.25, 0.3) is 0 Å². The molecule has 3 heteroatoms. The Hall–Kier alpha value is -2.16. The van der Waals surface area contributed by atoms with Gasteiger partial charge in [0.15, 0.2) is 0 Å². The van der Waals surface area contributed by atoms with Crippen molar-refractivity contribution < 1.29 is 4.39 Å². The van der Waals surface area contributed by atoms with Gasteiger partial charge in [-0.3, -0.25) is 4.99 Å². The van der Waals surface area contributed by atoms with Gasteiger partial charge in [-0.1, -0.05) is 36.4 Å². The topological polar surface area (TPSA) is 24.4 Å². The molecule has 1 heterocycles. The Bertz CT molecular complexity index is 570. The zero-order valence-corrected chi connectivity index (χ0v) is 9.86. The van der Waals surface area contributed by atoms with Crippen LogP contribution in [0, 0.1) is 5.82 Å². The fraction of sp³-hybridized carbons (Fsp3) is 0.133. The quantitative estimate of drug-likeness (QED) is 0.857. The monoisotopic (exact) mass is 240 g/mol. The van der Waals surface area contributed by atoms with Crippen molar-refractivity contribution in [2.45, 2.75) is 0 Å². The third-order valence-electron chi connectivity index (χ3n) is 3.01. The molecule has 1 aliphatic heterocycles. The summed E-state index contributed by atoms with van der Waals surface area (Å²) in [5.74, 6) is 0.750. The van der Waals surface area contributed by atoms with Crippen molar-refractivity contribution in [1.29, 1.82) is 0 Å². The number of nitrogens with one attached hydrogen (secondary N) is 1. The van der Waals surface area contributed by atoms with Crippen LogP contribution < -0.4 is 5.32 Å². The second kappa shape index (κ2) is 4.61. The van der Waals surface area contributed by atoms with Gasteiger partial charge in [0, 0.05) is 12.1 Å². The zero-order chi connectivity index (χ0) is 12.4. The van der Waals surface area contributed by atoms with Gasteiger partial charge in [0.2, 0.25) is 0 Å². The lowest BCUT2D eigenvalue weighted by molar-refractivity contribution is 0.628. The molecule has 0 amide bonds. The highest BCUT2D eigenvalue weighted by Gasteiger charge is 2.07. The minimum Gasteiger partial charge on any atom is -0.368 e. The van der Waals surface area contributed by atoms with Crippen LogP contribution in [-0.2, 0) is 0 Å². The first-order valence-corrected chi connectivity index (χ1v) is 5.98. The Kier molecular flexibility index (Phi) is 2.81. The lowest BCUT2D eigenvalue weighted by Gasteiger charge is -2.05. The van der Waals surface area contributed by atoms with Crippen LogP contribution in [0.15, 0.2) is 53.5 Å². The Morgan fingerprint density at radius 2 is 1.39 bits per heavy atom. The highest BCUT2D eigenvalue weighted by Crippen LogP contribution is 2.20. The second-order valence-corrected chi connectivity index (χ2v) is 4.24.